The van der Waals surface area contributed by atoms with Crippen LogP contribution >= 0.6 is 11.8 Å². The second kappa shape index (κ2) is 8.62. The number of fused-ring (bicyclic) bond motifs is 1. The van der Waals surface area contributed by atoms with Crippen molar-refractivity contribution in [3.63, 3.8) is 0 Å². The van der Waals surface area contributed by atoms with E-state index in [-0.39, 0.29) is 11.7 Å². The molecule has 9 heteroatoms. The number of carbonyl (C=O) groups excluding carboxylic acids is 1. The molecule has 0 spiro atoms. The fourth-order valence-corrected chi connectivity index (χ4v) is 4.36. The second-order valence-corrected chi connectivity index (χ2v) is 10.0. The van der Waals surface area contributed by atoms with Crippen LogP contribution in [-0.4, -0.2) is 84.7 Å². The minimum absolute atomic E-state index is 0.0864. The van der Waals surface area contributed by atoms with Gasteiger partial charge in [-0.25, -0.2) is 13.4 Å². The maximum Gasteiger partial charge on any atom is 0.242 e. The smallest absolute Gasteiger partial charge is 0.242 e. The van der Waals surface area contributed by atoms with E-state index in [0.29, 0.717) is 39.3 Å². The van der Waals surface area contributed by atoms with Crippen LogP contribution in [-0.2, 0) is 26.9 Å². The van der Waals surface area contributed by atoms with Crippen molar-refractivity contribution < 1.29 is 13.2 Å². The maximum absolute atomic E-state index is 12.8. The van der Waals surface area contributed by atoms with E-state index in [1.807, 2.05) is 40.0 Å². The minimum atomic E-state index is -2.95. The van der Waals surface area contributed by atoms with Crippen molar-refractivity contribution in [3.05, 3.63) is 30.1 Å². The zero-order valence-electron chi connectivity index (χ0n) is 15.8. The van der Waals surface area contributed by atoms with Gasteiger partial charge in [0.25, 0.3) is 0 Å². The molecule has 27 heavy (non-hydrogen) atoms. The van der Waals surface area contributed by atoms with Gasteiger partial charge in [-0.05, 0) is 18.4 Å². The number of para-hydroxylation sites is 2. The van der Waals surface area contributed by atoms with Gasteiger partial charge in [-0.3, -0.25) is 9.69 Å². The molecule has 1 amide bonds. The fourth-order valence-electron chi connectivity index (χ4n) is 3.29. The Bertz CT molecular complexity index is 902. The number of hydrogen-bond acceptors (Lipinski definition) is 6. The summed E-state index contributed by atoms with van der Waals surface area (Å²) in [5.41, 5.74) is 1.90. The van der Waals surface area contributed by atoms with Gasteiger partial charge in [-0.1, -0.05) is 12.1 Å². The third-order valence-electron chi connectivity index (χ3n) is 4.80. The maximum atomic E-state index is 12.8. The minimum Gasteiger partial charge on any atom is -0.339 e. The molecule has 7 nitrogen and oxygen atoms in total. The summed E-state index contributed by atoms with van der Waals surface area (Å²) < 4.78 is 24.6. The molecule has 1 saturated heterocycles. The highest BCUT2D eigenvalue weighted by molar-refractivity contribution is 7.97. The van der Waals surface area contributed by atoms with Crippen LogP contribution < -0.4 is 0 Å². The van der Waals surface area contributed by atoms with Crippen molar-refractivity contribution in [1.82, 2.24) is 19.4 Å². The van der Waals surface area contributed by atoms with E-state index >= 15 is 0 Å². The van der Waals surface area contributed by atoms with Crippen LogP contribution in [0.2, 0.25) is 0 Å². The van der Waals surface area contributed by atoms with Crippen molar-refractivity contribution >= 4 is 38.5 Å². The van der Waals surface area contributed by atoms with Gasteiger partial charge < -0.3 is 9.47 Å². The lowest BCUT2D eigenvalue weighted by Crippen LogP contribution is -2.50. The molecule has 0 N–H and O–H groups in total. The number of hydrogen-bond donors (Lipinski definition) is 0. The number of thioether (sulfide) groups is 1. The first-order valence-corrected chi connectivity index (χ1v) is 12.4. The molecule has 0 saturated carbocycles. The van der Waals surface area contributed by atoms with E-state index in [1.54, 1.807) is 11.8 Å². The highest BCUT2D eigenvalue weighted by atomic mass is 32.2. The lowest BCUT2D eigenvalue weighted by atomic mass is 10.3. The lowest BCUT2D eigenvalue weighted by molar-refractivity contribution is -0.133. The highest BCUT2D eigenvalue weighted by Crippen LogP contribution is 2.19. The first-order chi connectivity index (χ1) is 12.9. The molecule has 0 atom stereocenters. The summed E-state index contributed by atoms with van der Waals surface area (Å²) in [5.74, 6) is 1.94. The summed E-state index contributed by atoms with van der Waals surface area (Å²) in [7, 11) is -2.95. The van der Waals surface area contributed by atoms with E-state index < -0.39 is 9.84 Å². The predicted octanol–water partition coefficient (Wildman–Crippen LogP) is 1.09. The summed E-state index contributed by atoms with van der Waals surface area (Å²) in [4.78, 5) is 21.5. The van der Waals surface area contributed by atoms with Gasteiger partial charge in [-0.15, -0.1) is 0 Å². The number of imidazole rings is 1. The number of amides is 1. The van der Waals surface area contributed by atoms with Gasteiger partial charge in [0.1, 0.15) is 22.2 Å². The van der Waals surface area contributed by atoms with Gasteiger partial charge in [0.2, 0.25) is 5.91 Å². The third kappa shape index (κ3) is 5.24. The largest absolute Gasteiger partial charge is 0.339 e. The van der Waals surface area contributed by atoms with Gasteiger partial charge in [-0.2, -0.15) is 11.8 Å². The van der Waals surface area contributed by atoms with E-state index in [9.17, 15) is 13.2 Å². The molecule has 2 heterocycles. The molecule has 0 radical (unpaired) electrons. The molecular formula is C18H26N4O3S2. The van der Waals surface area contributed by atoms with Crippen LogP contribution in [0.15, 0.2) is 24.3 Å². The van der Waals surface area contributed by atoms with Gasteiger partial charge >= 0.3 is 0 Å². The van der Waals surface area contributed by atoms with Crippen molar-refractivity contribution in [1.29, 1.82) is 0 Å². The molecule has 1 aromatic carbocycles. The van der Waals surface area contributed by atoms with Crippen LogP contribution in [0, 0.1) is 0 Å². The molecule has 1 aliphatic heterocycles. The molecule has 1 aromatic heterocycles. The summed E-state index contributed by atoms with van der Waals surface area (Å²) in [5, 5.41) is 0. The monoisotopic (exact) mass is 410 g/mol. The predicted molar refractivity (Wildman–Crippen MR) is 110 cm³/mol. The Morgan fingerprint density at radius 1 is 1.19 bits per heavy atom. The Balaban J connectivity index is 1.63. The molecule has 1 fully saturated rings. The number of rotatable bonds is 7. The SMILES string of the molecule is CSCc1nc2ccccc2n1CC(=O)N1CCN(CCS(C)(=O)=O)CC1. The van der Waals surface area contributed by atoms with E-state index in [1.165, 1.54) is 6.26 Å². The molecule has 0 unspecified atom stereocenters. The average Bonchev–Trinajstić information content (AvgIpc) is 2.97. The quantitative estimate of drug-likeness (QED) is 0.680. The highest BCUT2D eigenvalue weighted by Gasteiger charge is 2.23. The number of piperazine rings is 1. The molecule has 1 aliphatic rings. The number of aromatic nitrogens is 2. The van der Waals surface area contributed by atoms with Crippen LogP contribution in [0.25, 0.3) is 11.0 Å². The summed E-state index contributed by atoms with van der Waals surface area (Å²) in [6.45, 7) is 3.51. The fraction of sp³-hybridized carbons (Fsp3) is 0.556. The van der Waals surface area contributed by atoms with E-state index in [2.05, 4.69) is 9.88 Å². The van der Waals surface area contributed by atoms with Crippen molar-refractivity contribution in [2.24, 2.45) is 0 Å². The summed E-state index contributed by atoms with van der Waals surface area (Å²) >= 11 is 1.69. The Labute approximate surface area is 164 Å². The topological polar surface area (TPSA) is 75.5 Å². The van der Waals surface area contributed by atoms with Crippen molar-refractivity contribution in [2.75, 3.05) is 51.0 Å². The molecular weight excluding hydrogens is 384 g/mol. The van der Waals surface area contributed by atoms with E-state index in [4.69, 9.17) is 0 Å². The molecule has 2 aromatic rings. The summed E-state index contributed by atoms with van der Waals surface area (Å²) in [6, 6.07) is 7.90. The van der Waals surface area contributed by atoms with Gasteiger partial charge in [0, 0.05) is 39.0 Å². The normalized spacial score (nSPS) is 16.1. The lowest BCUT2D eigenvalue weighted by Gasteiger charge is -2.34. The zero-order valence-corrected chi connectivity index (χ0v) is 17.4. The molecule has 148 valence electrons. The van der Waals surface area contributed by atoms with Crippen molar-refractivity contribution in [3.8, 4) is 0 Å². The zero-order chi connectivity index (χ0) is 19.4. The van der Waals surface area contributed by atoms with Crippen LogP contribution in [0.1, 0.15) is 5.82 Å². The van der Waals surface area contributed by atoms with Crippen LogP contribution in [0.5, 0.6) is 0 Å². The van der Waals surface area contributed by atoms with E-state index in [0.717, 1.165) is 22.6 Å². The van der Waals surface area contributed by atoms with Gasteiger partial charge in [0.05, 0.1) is 22.5 Å². The number of carbonyl (C=O) groups is 1. The standard InChI is InChI=1S/C18H26N4O3S2/c1-26-14-17-19-15-5-3-4-6-16(15)22(17)13-18(23)21-9-7-20(8-10-21)11-12-27(2,24)25/h3-6H,7-14H2,1-2H3. The first kappa shape index (κ1) is 20.2. The Morgan fingerprint density at radius 2 is 1.89 bits per heavy atom. The Kier molecular flexibility index (Phi) is 6.44. The average molecular weight is 411 g/mol. The van der Waals surface area contributed by atoms with Crippen molar-refractivity contribution in [2.45, 2.75) is 12.3 Å². The number of sulfone groups is 1. The van der Waals surface area contributed by atoms with Crippen LogP contribution in [0.3, 0.4) is 0 Å². The third-order valence-corrected chi connectivity index (χ3v) is 6.27. The Morgan fingerprint density at radius 3 is 2.56 bits per heavy atom. The molecule has 0 bridgehead atoms. The number of benzene rings is 1. The summed E-state index contributed by atoms with van der Waals surface area (Å²) in [6.07, 6.45) is 3.29. The number of nitrogens with zero attached hydrogens (tertiary/aromatic N) is 4. The molecule has 3 rings (SSSR count). The molecule has 0 aliphatic carbocycles. The first-order valence-electron chi connectivity index (χ1n) is 8.98. The Hall–Kier alpha value is -1.58. The second-order valence-electron chi connectivity index (χ2n) is 6.89. The van der Waals surface area contributed by atoms with Gasteiger partial charge in [0.15, 0.2) is 0 Å². The van der Waals surface area contributed by atoms with Crippen LogP contribution in [0.4, 0.5) is 0 Å².